The van der Waals surface area contributed by atoms with Crippen LogP contribution in [0.5, 0.6) is 0 Å². The lowest BCUT2D eigenvalue weighted by Gasteiger charge is -2.27. The number of carbonyl (C=O) groups excluding carboxylic acids is 1. The van der Waals surface area contributed by atoms with Gasteiger partial charge in [0.25, 0.3) is 15.9 Å². The molecule has 2 aliphatic rings. The molecule has 0 bridgehead atoms. The molecule has 25 heavy (non-hydrogen) atoms. The number of amides is 1. The van der Waals surface area contributed by atoms with Crippen molar-refractivity contribution in [2.75, 3.05) is 37.7 Å². The monoisotopic (exact) mass is 361 g/mol. The molecule has 8 heteroatoms. The topological polar surface area (TPSA) is 79.0 Å². The number of anilines is 1. The highest BCUT2D eigenvalue weighted by molar-refractivity contribution is 7.89. The van der Waals surface area contributed by atoms with Gasteiger partial charge in [0.05, 0.1) is 23.8 Å². The Labute approximate surface area is 146 Å². The molecule has 2 aromatic carbocycles. The SMILES string of the molecule is CCN1C(=O)c2cccc3c(S(=O)(=O)NN4CCOCC4)ccc1c23. The van der Waals surface area contributed by atoms with Gasteiger partial charge in [0, 0.05) is 36.0 Å². The number of carbonyl (C=O) groups is 1. The van der Waals surface area contributed by atoms with Crippen molar-refractivity contribution in [3.63, 3.8) is 0 Å². The van der Waals surface area contributed by atoms with E-state index in [1.54, 1.807) is 40.2 Å². The second-order valence-corrected chi connectivity index (χ2v) is 7.68. The summed E-state index contributed by atoms with van der Waals surface area (Å²) in [5, 5.41) is 2.92. The van der Waals surface area contributed by atoms with Gasteiger partial charge in [-0.2, -0.15) is 0 Å². The van der Waals surface area contributed by atoms with Crippen molar-refractivity contribution in [1.82, 2.24) is 9.84 Å². The Bertz CT molecular complexity index is 952. The molecule has 7 nitrogen and oxygen atoms in total. The molecule has 0 radical (unpaired) electrons. The summed E-state index contributed by atoms with van der Waals surface area (Å²) in [6, 6.07) is 8.52. The second kappa shape index (κ2) is 6.06. The highest BCUT2D eigenvalue weighted by Gasteiger charge is 2.31. The van der Waals surface area contributed by atoms with Crippen molar-refractivity contribution in [3.05, 3.63) is 35.9 Å². The maximum Gasteiger partial charge on any atom is 0.258 e. The molecule has 0 aliphatic carbocycles. The van der Waals surface area contributed by atoms with Crippen molar-refractivity contribution in [1.29, 1.82) is 0 Å². The van der Waals surface area contributed by atoms with E-state index in [4.69, 9.17) is 4.74 Å². The first-order chi connectivity index (χ1) is 12.0. The Morgan fingerprint density at radius 1 is 1.16 bits per heavy atom. The van der Waals surface area contributed by atoms with Crippen LogP contribution in [0.2, 0.25) is 0 Å². The Morgan fingerprint density at radius 2 is 1.92 bits per heavy atom. The van der Waals surface area contributed by atoms with Crippen molar-refractivity contribution in [3.8, 4) is 0 Å². The molecule has 2 aliphatic heterocycles. The minimum absolute atomic E-state index is 0.0845. The summed E-state index contributed by atoms with van der Waals surface area (Å²) in [5.41, 5.74) is 1.32. The van der Waals surface area contributed by atoms with Crippen LogP contribution < -0.4 is 9.73 Å². The van der Waals surface area contributed by atoms with Gasteiger partial charge in [-0.25, -0.2) is 13.4 Å². The number of sulfonamides is 1. The lowest BCUT2D eigenvalue weighted by Crippen LogP contribution is -2.48. The number of nitrogens with zero attached hydrogens (tertiary/aromatic N) is 2. The zero-order valence-corrected chi connectivity index (χ0v) is 14.7. The van der Waals surface area contributed by atoms with Gasteiger partial charge in [0.2, 0.25) is 0 Å². The number of nitrogens with one attached hydrogen (secondary N) is 1. The predicted molar refractivity (Wildman–Crippen MR) is 94.0 cm³/mol. The third kappa shape index (κ3) is 2.62. The molecule has 0 atom stereocenters. The van der Waals surface area contributed by atoms with Crippen LogP contribution in [0.25, 0.3) is 10.8 Å². The standard InChI is InChI=1S/C17H19N3O4S/c1-2-20-14-6-7-15(12-4-3-5-13(16(12)14)17(20)21)25(22,23)18-19-8-10-24-11-9-19/h3-7,18H,2,8-11H2,1H3. The molecular weight excluding hydrogens is 342 g/mol. The summed E-state index contributed by atoms with van der Waals surface area (Å²) in [5.74, 6) is -0.0845. The predicted octanol–water partition coefficient (Wildman–Crippen LogP) is 1.35. The molecule has 2 aromatic rings. The highest BCUT2D eigenvalue weighted by Crippen LogP contribution is 2.39. The zero-order chi connectivity index (χ0) is 17.6. The molecule has 1 N–H and O–H groups in total. The minimum Gasteiger partial charge on any atom is -0.379 e. The number of morpholine rings is 1. The maximum absolute atomic E-state index is 12.9. The quantitative estimate of drug-likeness (QED) is 0.889. The Morgan fingerprint density at radius 3 is 2.64 bits per heavy atom. The average molecular weight is 361 g/mol. The van der Waals surface area contributed by atoms with Gasteiger partial charge in [0.1, 0.15) is 0 Å². The molecule has 2 heterocycles. The Hall–Kier alpha value is -2.00. The van der Waals surface area contributed by atoms with Crippen LogP contribution >= 0.6 is 0 Å². The van der Waals surface area contributed by atoms with Gasteiger partial charge in [-0.15, -0.1) is 4.83 Å². The van der Waals surface area contributed by atoms with Gasteiger partial charge in [-0.1, -0.05) is 12.1 Å². The number of benzene rings is 2. The third-order valence-corrected chi connectivity index (χ3v) is 6.04. The van der Waals surface area contributed by atoms with E-state index in [9.17, 15) is 13.2 Å². The van der Waals surface area contributed by atoms with Gasteiger partial charge in [0.15, 0.2) is 0 Å². The van der Waals surface area contributed by atoms with Gasteiger partial charge >= 0.3 is 0 Å². The van der Waals surface area contributed by atoms with E-state index in [0.717, 1.165) is 5.69 Å². The van der Waals surface area contributed by atoms with Crippen LogP contribution in [0.15, 0.2) is 35.2 Å². The smallest absolute Gasteiger partial charge is 0.258 e. The van der Waals surface area contributed by atoms with E-state index in [1.807, 2.05) is 6.92 Å². The van der Waals surface area contributed by atoms with Crippen LogP contribution in [0.3, 0.4) is 0 Å². The van der Waals surface area contributed by atoms with E-state index in [2.05, 4.69) is 4.83 Å². The molecule has 1 fully saturated rings. The second-order valence-electron chi connectivity index (χ2n) is 6.05. The first-order valence-electron chi connectivity index (χ1n) is 8.25. The summed E-state index contributed by atoms with van der Waals surface area (Å²) in [7, 11) is -3.74. The summed E-state index contributed by atoms with van der Waals surface area (Å²) in [6.07, 6.45) is 0. The number of rotatable bonds is 4. The van der Waals surface area contributed by atoms with Crippen molar-refractivity contribution in [2.45, 2.75) is 11.8 Å². The maximum atomic E-state index is 12.9. The molecule has 4 rings (SSSR count). The Balaban J connectivity index is 1.82. The minimum atomic E-state index is -3.74. The van der Waals surface area contributed by atoms with Crippen molar-refractivity contribution >= 4 is 32.4 Å². The average Bonchev–Trinajstić information content (AvgIpc) is 2.89. The molecule has 1 saturated heterocycles. The molecule has 0 unspecified atom stereocenters. The lowest BCUT2D eigenvalue weighted by atomic mass is 10.1. The summed E-state index contributed by atoms with van der Waals surface area (Å²) < 4.78 is 31.0. The number of hydrogen-bond donors (Lipinski definition) is 1. The third-order valence-electron chi connectivity index (χ3n) is 4.61. The fourth-order valence-corrected chi connectivity index (χ4v) is 4.77. The number of hydrogen-bond acceptors (Lipinski definition) is 5. The molecule has 0 spiro atoms. The van der Waals surface area contributed by atoms with Gasteiger partial charge in [-0.3, -0.25) is 4.79 Å². The Kier molecular flexibility index (Phi) is 3.99. The summed E-state index contributed by atoms with van der Waals surface area (Å²) >= 11 is 0. The first kappa shape index (κ1) is 16.5. The normalized spacial score (nSPS) is 18.3. The zero-order valence-electron chi connectivity index (χ0n) is 13.9. The molecule has 132 valence electrons. The van der Waals surface area contributed by atoms with Crippen molar-refractivity contribution < 1.29 is 17.9 Å². The number of ether oxygens (including phenoxy) is 1. The first-order valence-corrected chi connectivity index (χ1v) is 9.74. The largest absolute Gasteiger partial charge is 0.379 e. The lowest BCUT2D eigenvalue weighted by molar-refractivity contribution is 0.0272. The van der Waals surface area contributed by atoms with Crippen LogP contribution in [0.1, 0.15) is 17.3 Å². The molecule has 1 amide bonds. The van der Waals surface area contributed by atoms with E-state index in [-0.39, 0.29) is 10.8 Å². The van der Waals surface area contributed by atoms with Gasteiger partial charge < -0.3 is 9.64 Å². The van der Waals surface area contributed by atoms with E-state index in [0.29, 0.717) is 49.2 Å². The molecular formula is C17H19N3O4S. The fourth-order valence-electron chi connectivity index (χ4n) is 3.44. The van der Waals surface area contributed by atoms with Crippen molar-refractivity contribution in [2.24, 2.45) is 0 Å². The van der Waals surface area contributed by atoms with Crippen LogP contribution in [0, 0.1) is 0 Å². The number of hydrazine groups is 1. The van der Waals surface area contributed by atoms with E-state index in [1.165, 1.54) is 0 Å². The van der Waals surface area contributed by atoms with Gasteiger partial charge in [-0.05, 0) is 25.1 Å². The van der Waals surface area contributed by atoms with E-state index >= 15 is 0 Å². The van der Waals surface area contributed by atoms with Crippen LogP contribution in [0.4, 0.5) is 5.69 Å². The highest BCUT2D eigenvalue weighted by atomic mass is 32.2. The van der Waals surface area contributed by atoms with Crippen LogP contribution in [-0.4, -0.2) is 52.2 Å². The van der Waals surface area contributed by atoms with Crippen LogP contribution in [-0.2, 0) is 14.8 Å². The molecule has 0 aromatic heterocycles. The van der Waals surface area contributed by atoms with E-state index < -0.39 is 10.0 Å². The summed E-state index contributed by atoms with van der Waals surface area (Å²) in [6.45, 7) is 4.44. The molecule has 0 saturated carbocycles. The fraction of sp³-hybridized carbons (Fsp3) is 0.353. The summed E-state index contributed by atoms with van der Waals surface area (Å²) in [4.78, 5) is 17.0.